The van der Waals surface area contributed by atoms with Crippen LogP contribution >= 0.6 is 0 Å². The van der Waals surface area contributed by atoms with Crippen molar-refractivity contribution >= 4 is 5.69 Å². The Hall–Kier alpha value is -1.29. The number of ether oxygens (including phenoxy) is 1. The van der Waals surface area contributed by atoms with Gasteiger partial charge in [-0.25, -0.2) is 4.39 Å². The average molecular weight is 213 g/mol. The summed E-state index contributed by atoms with van der Waals surface area (Å²) < 4.78 is 18.0. The van der Waals surface area contributed by atoms with Crippen LogP contribution in [-0.2, 0) is 0 Å². The van der Waals surface area contributed by atoms with E-state index in [0.29, 0.717) is 18.7 Å². The summed E-state index contributed by atoms with van der Waals surface area (Å²) in [7, 11) is 1.43. The van der Waals surface area contributed by atoms with E-state index in [0.717, 1.165) is 0 Å². The molecule has 3 nitrogen and oxygen atoms in total. The Morgan fingerprint density at radius 1 is 1.53 bits per heavy atom. The fourth-order valence-electron chi connectivity index (χ4n) is 1.20. The number of anilines is 1. The molecule has 84 valence electrons. The Labute approximate surface area is 88.9 Å². The van der Waals surface area contributed by atoms with Gasteiger partial charge in [-0.2, -0.15) is 0 Å². The molecule has 0 aliphatic rings. The molecule has 0 aliphatic carbocycles. The molecule has 0 radical (unpaired) electrons. The van der Waals surface area contributed by atoms with Gasteiger partial charge < -0.3 is 15.2 Å². The molecule has 0 saturated heterocycles. The van der Waals surface area contributed by atoms with E-state index in [1.807, 2.05) is 0 Å². The predicted octanol–water partition coefficient (Wildman–Crippen LogP) is 2.02. The van der Waals surface area contributed by atoms with Gasteiger partial charge in [-0.1, -0.05) is 0 Å². The zero-order valence-electron chi connectivity index (χ0n) is 8.96. The van der Waals surface area contributed by atoms with Crippen LogP contribution < -0.4 is 10.1 Å². The number of aliphatic hydroxyl groups is 1. The van der Waals surface area contributed by atoms with Gasteiger partial charge in [0.2, 0.25) is 0 Å². The second-order valence-electron chi connectivity index (χ2n) is 3.41. The third-order valence-corrected chi connectivity index (χ3v) is 2.04. The summed E-state index contributed by atoms with van der Waals surface area (Å²) in [5.74, 6) is -0.157. The van der Waals surface area contributed by atoms with Crippen LogP contribution in [0.15, 0.2) is 18.2 Å². The molecular formula is C11H16FNO2. The zero-order valence-corrected chi connectivity index (χ0v) is 8.96. The maximum atomic E-state index is 13.2. The van der Waals surface area contributed by atoms with Crippen LogP contribution in [0.1, 0.15) is 13.3 Å². The summed E-state index contributed by atoms with van der Waals surface area (Å²) >= 11 is 0. The smallest absolute Gasteiger partial charge is 0.167 e. The number of hydrogen-bond acceptors (Lipinski definition) is 3. The van der Waals surface area contributed by atoms with E-state index in [2.05, 4.69) is 5.32 Å². The number of nitrogens with one attached hydrogen (secondary N) is 1. The summed E-state index contributed by atoms with van der Waals surface area (Å²) in [6.45, 7) is 2.33. The Morgan fingerprint density at radius 2 is 2.27 bits per heavy atom. The largest absolute Gasteiger partial charge is 0.494 e. The number of methoxy groups -OCH3 is 1. The lowest BCUT2D eigenvalue weighted by Crippen LogP contribution is -2.09. The van der Waals surface area contributed by atoms with Gasteiger partial charge >= 0.3 is 0 Å². The molecule has 15 heavy (non-hydrogen) atoms. The number of benzene rings is 1. The molecule has 0 heterocycles. The highest BCUT2D eigenvalue weighted by Crippen LogP contribution is 2.20. The van der Waals surface area contributed by atoms with E-state index >= 15 is 0 Å². The van der Waals surface area contributed by atoms with Crippen LogP contribution in [0.2, 0.25) is 0 Å². The highest BCUT2D eigenvalue weighted by Gasteiger charge is 2.03. The second kappa shape index (κ2) is 5.56. The maximum absolute atomic E-state index is 13.2. The van der Waals surface area contributed by atoms with Crippen LogP contribution in [0.3, 0.4) is 0 Å². The standard InChI is InChI=1S/C11H16FNO2/c1-8(14)5-6-13-9-3-4-11(15-2)10(12)7-9/h3-4,7-8,13-14H,5-6H2,1-2H3. The van der Waals surface area contributed by atoms with Gasteiger partial charge in [0.15, 0.2) is 11.6 Å². The lowest BCUT2D eigenvalue weighted by molar-refractivity contribution is 0.189. The molecule has 0 fully saturated rings. The van der Waals surface area contributed by atoms with E-state index in [4.69, 9.17) is 9.84 Å². The Morgan fingerprint density at radius 3 is 2.80 bits per heavy atom. The van der Waals surface area contributed by atoms with Crippen molar-refractivity contribution in [1.29, 1.82) is 0 Å². The minimum Gasteiger partial charge on any atom is -0.494 e. The molecule has 0 saturated carbocycles. The van der Waals surface area contributed by atoms with Crippen LogP contribution in [0.4, 0.5) is 10.1 Å². The Kier molecular flexibility index (Phi) is 4.37. The van der Waals surface area contributed by atoms with Gasteiger partial charge in [0, 0.05) is 18.3 Å². The molecule has 4 heteroatoms. The van der Waals surface area contributed by atoms with Crippen molar-refractivity contribution in [2.45, 2.75) is 19.4 Å². The number of aliphatic hydroxyl groups excluding tert-OH is 1. The van der Waals surface area contributed by atoms with Crippen molar-refractivity contribution in [2.75, 3.05) is 19.0 Å². The second-order valence-corrected chi connectivity index (χ2v) is 3.41. The molecule has 0 spiro atoms. The molecule has 0 bridgehead atoms. The summed E-state index contributed by atoms with van der Waals surface area (Å²) in [5, 5.41) is 12.0. The Bertz CT molecular complexity index is 315. The van der Waals surface area contributed by atoms with Gasteiger partial charge in [-0.15, -0.1) is 0 Å². The first-order valence-electron chi connectivity index (χ1n) is 4.89. The first kappa shape index (κ1) is 11.8. The quantitative estimate of drug-likeness (QED) is 0.786. The van der Waals surface area contributed by atoms with Gasteiger partial charge in [0.25, 0.3) is 0 Å². The molecule has 1 atom stereocenters. The van der Waals surface area contributed by atoms with Crippen molar-refractivity contribution in [2.24, 2.45) is 0 Å². The maximum Gasteiger partial charge on any atom is 0.167 e. The van der Waals surface area contributed by atoms with E-state index in [1.54, 1.807) is 19.1 Å². The van der Waals surface area contributed by atoms with Gasteiger partial charge in [0.05, 0.1) is 13.2 Å². The molecule has 1 unspecified atom stereocenters. The minimum absolute atomic E-state index is 0.232. The van der Waals surface area contributed by atoms with Gasteiger partial charge in [-0.05, 0) is 25.5 Å². The van der Waals surface area contributed by atoms with Crippen molar-refractivity contribution in [1.82, 2.24) is 0 Å². The molecule has 0 amide bonds. The predicted molar refractivity (Wildman–Crippen MR) is 57.7 cm³/mol. The molecule has 0 aromatic heterocycles. The van der Waals surface area contributed by atoms with Crippen molar-refractivity contribution in [3.63, 3.8) is 0 Å². The fourth-order valence-corrected chi connectivity index (χ4v) is 1.20. The van der Waals surface area contributed by atoms with Crippen LogP contribution in [0.5, 0.6) is 5.75 Å². The highest BCUT2D eigenvalue weighted by molar-refractivity contribution is 5.47. The normalized spacial score (nSPS) is 12.3. The summed E-state index contributed by atoms with van der Waals surface area (Å²) in [5.41, 5.74) is 0.689. The first-order chi connectivity index (χ1) is 7.13. The van der Waals surface area contributed by atoms with Crippen LogP contribution in [0.25, 0.3) is 0 Å². The molecule has 1 rings (SSSR count). The average Bonchev–Trinajstić information content (AvgIpc) is 2.17. The van der Waals surface area contributed by atoms with E-state index in [-0.39, 0.29) is 17.7 Å². The molecule has 1 aromatic rings. The minimum atomic E-state index is -0.389. The third kappa shape index (κ3) is 3.75. The number of rotatable bonds is 5. The molecule has 1 aromatic carbocycles. The Balaban J connectivity index is 2.52. The van der Waals surface area contributed by atoms with E-state index in [9.17, 15) is 4.39 Å². The SMILES string of the molecule is COc1ccc(NCCC(C)O)cc1F. The van der Waals surface area contributed by atoms with Gasteiger partial charge in [0.1, 0.15) is 0 Å². The van der Waals surface area contributed by atoms with Crippen molar-refractivity contribution in [3.05, 3.63) is 24.0 Å². The number of hydrogen-bond donors (Lipinski definition) is 2. The molecule has 2 N–H and O–H groups in total. The van der Waals surface area contributed by atoms with Crippen molar-refractivity contribution in [3.8, 4) is 5.75 Å². The van der Waals surface area contributed by atoms with Crippen LogP contribution in [-0.4, -0.2) is 24.9 Å². The van der Waals surface area contributed by atoms with E-state index in [1.165, 1.54) is 13.2 Å². The van der Waals surface area contributed by atoms with E-state index < -0.39 is 0 Å². The highest BCUT2D eigenvalue weighted by atomic mass is 19.1. The summed E-state index contributed by atoms with van der Waals surface area (Å²) in [6, 6.07) is 4.69. The van der Waals surface area contributed by atoms with Crippen molar-refractivity contribution < 1.29 is 14.2 Å². The molecule has 0 aliphatic heterocycles. The number of halogens is 1. The summed E-state index contributed by atoms with van der Waals surface area (Å²) in [4.78, 5) is 0. The lowest BCUT2D eigenvalue weighted by atomic mass is 10.2. The topological polar surface area (TPSA) is 41.5 Å². The summed E-state index contributed by atoms with van der Waals surface area (Å²) in [6.07, 6.45) is 0.286. The lowest BCUT2D eigenvalue weighted by Gasteiger charge is -2.09. The fraction of sp³-hybridized carbons (Fsp3) is 0.455. The molecular weight excluding hydrogens is 197 g/mol. The van der Waals surface area contributed by atoms with Gasteiger partial charge in [-0.3, -0.25) is 0 Å². The monoisotopic (exact) mass is 213 g/mol. The first-order valence-corrected chi connectivity index (χ1v) is 4.89. The van der Waals surface area contributed by atoms with Crippen LogP contribution in [0, 0.1) is 5.82 Å². The zero-order chi connectivity index (χ0) is 11.3. The third-order valence-electron chi connectivity index (χ3n) is 2.04.